The molecule has 1 aromatic carbocycles. The number of amides is 1. The van der Waals surface area contributed by atoms with Crippen LogP contribution >= 0.6 is 0 Å². The Labute approximate surface area is 134 Å². The van der Waals surface area contributed by atoms with Gasteiger partial charge in [0.15, 0.2) is 0 Å². The first-order valence-electron chi connectivity index (χ1n) is 7.47. The molecule has 7 heteroatoms. The number of carbonyl (C=O) groups excluding carboxylic acids is 1. The summed E-state index contributed by atoms with van der Waals surface area (Å²) in [4.78, 5) is 23.3. The zero-order valence-corrected chi connectivity index (χ0v) is 12.6. The maximum Gasteiger partial charge on any atom is 0.321 e. The maximum atomic E-state index is 12.0. The normalized spacial score (nSPS) is 18.1. The molecule has 1 saturated heterocycles. The van der Waals surface area contributed by atoms with Gasteiger partial charge in [0.25, 0.3) is 0 Å². The van der Waals surface area contributed by atoms with Crippen LogP contribution in [-0.2, 0) is 14.3 Å². The predicted molar refractivity (Wildman–Crippen MR) is 82.8 cm³/mol. The van der Waals surface area contributed by atoms with Crippen LogP contribution in [0.3, 0.4) is 0 Å². The average Bonchev–Trinajstić information content (AvgIpc) is 3.05. The first-order chi connectivity index (χ1) is 11.1. The smallest absolute Gasteiger partial charge is 0.321 e. The van der Waals surface area contributed by atoms with Crippen molar-refractivity contribution >= 4 is 17.6 Å². The third-order valence-electron chi connectivity index (χ3n) is 3.63. The molecule has 2 atom stereocenters. The van der Waals surface area contributed by atoms with Crippen LogP contribution in [0.15, 0.2) is 24.3 Å². The van der Waals surface area contributed by atoms with Gasteiger partial charge in [-0.15, -0.1) is 0 Å². The average molecular weight is 317 g/mol. The van der Waals surface area contributed by atoms with Crippen LogP contribution in [-0.4, -0.2) is 42.3 Å². The molecule has 1 aliphatic rings. The van der Waals surface area contributed by atoms with E-state index < -0.39 is 17.9 Å². The number of ether oxygens (including phenoxy) is 1. The maximum absolute atomic E-state index is 12.0. The lowest BCUT2D eigenvalue weighted by molar-refractivity contribution is -0.141. The van der Waals surface area contributed by atoms with Crippen molar-refractivity contribution in [3.63, 3.8) is 0 Å². The molecule has 2 unspecified atom stereocenters. The molecule has 0 aromatic heterocycles. The molecule has 122 valence electrons. The molecule has 1 amide bonds. The van der Waals surface area contributed by atoms with Crippen molar-refractivity contribution in [1.29, 1.82) is 5.26 Å². The van der Waals surface area contributed by atoms with Crippen molar-refractivity contribution < 1.29 is 19.4 Å². The minimum Gasteiger partial charge on any atom is -0.480 e. The summed E-state index contributed by atoms with van der Waals surface area (Å²) in [6, 6.07) is 7.56. The highest BCUT2D eigenvalue weighted by Crippen LogP contribution is 2.14. The number of carboxylic acids is 1. The molecule has 2 rings (SSSR count). The Balaban J connectivity index is 1.89. The van der Waals surface area contributed by atoms with Crippen molar-refractivity contribution in [2.45, 2.75) is 31.4 Å². The number of nitrogens with zero attached hydrogens (tertiary/aromatic N) is 1. The van der Waals surface area contributed by atoms with Crippen LogP contribution in [0.4, 0.5) is 5.69 Å². The van der Waals surface area contributed by atoms with E-state index in [0.29, 0.717) is 24.4 Å². The zero-order chi connectivity index (χ0) is 16.7. The molecule has 0 spiro atoms. The van der Waals surface area contributed by atoms with Gasteiger partial charge in [0.2, 0.25) is 5.91 Å². The first-order valence-corrected chi connectivity index (χ1v) is 7.47. The molecule has 7 nitrogen and oxygen atoms in total. The summed E-state index contributed by atoms with van der Waals surface area (Å²) >= 11 is 0. The lowest BCUT2D eigenvalue weighted by Gasteiger charge is -2.17. The van der Waals surface area contributed by atoms with Crippen LogP contribution in [0.1, 0.15) is 24.8 Å². The van der Waals surface area contributed by atoms with E-state index in [1.165, 1.54) is 0 Å². The van der Waals surface area contributed by atoms with Gasteiger partial charge in [-0.05, 0) is 25.0 Å². The zero-order valence-electron chi connectivity index (χ0n) is 12.6. The van der Waals surface area contributed by atoms with Crippen LogP contribution < -0.4 is 10.6 Å². The topological polar surface area (TPSA) is 111 Å². The molecule has 1 aromatic rings. The van der Waals surface area contributed by atoms with Gasteiger partial charge in [-0.3, -0.25) is 9.59 Å². The lowest BCUT2D eigenvalue weighted by atomic mass is 10.1. The first kappa shape index (κ1) is 16.9. The van der Waals surface area contributed by atoms with Gasteiger partial charge in [0.1, 0.15) is 12.1 Å². The largest absolute Gasteiger partial charge is 0.480 e. The quantitative estimate of drug-likeness (QED) is 0.694. The number of rotatable bonds is 7. The van der Waals surface area contributed by atoms with E-state index >= 15 is 0 Å². The molecule has 1 aliphatic heterocycles. The lowest BCUT2D eigenvalue weighted by Crippen LogP contribution is -2.43. The number of hydrogen-bond acceptors (Lipinski definition) is 5. The van der Waals surface area contributed by atoms with Crippen LogP contribution in [0.25, 0.3) is 0 Å². The number of hydrogen-bond donors (Lipinski definition) is 3. The molecule has 0 radical (unpaired) electrons. The highest BCUT2D eigenvalue weighted by molar-refractivity contribution is 5.95. The Morgan fingerprint density at radius 3 is 2.87 bits per heavy atom. The van der Waals surface area contributed by atoms with Gasteiger partial charge >= 0.3 is 5.97 Å². The molecular weight excluding hydrogens is 298 g/mol. The van der Waals surface area contributed by atoms with E-state index in [9.17, 15) is 14.7 Å². The van der Waals surface area contributed by atoms with E-state index in [1.807, 2.05) is 6.07 Å². The molecular formula is C16H19N3O4. The minimum atomic E-state index is -1.09. The SMILES string of the molecule is N#Cc1ccccc1NC(=O)CC(NCC1CCCO1)C(=O)O. The van der Waals surface area contributed by atoms with Crippen LogP contribution in [0.5, 0.6) is 0 Å². The minimum absolute atomic E-state index is 0.000717. The fraction of sp³-hybridized carbons (Fsp3) is 0.438. The van der Waals surface area contributed by atoms with Crippen molar-refractivity contribution in [1.82, 2.24) is 5.32 Å². The van der Waals surface area contributed by atoms with Gasteiger partial charge in [0, 0.05) is 13.2 Å². The number of anilines is 1. The Bertz CT molecular complexity index is 606. The summed E-state index contributed by atoms with van der Waals surface area (Å²) < 4.78 is 5.42. The molecule has 0 bridgehead atoms. The van der Waals surface area contributed by atoms with Gasteiger partial charge in [-0.1, -0.05) is 12.1 Å². The number of carboxylic acid groups (broad SMARTS) is 1. The summed E-state index contributed by atoms with van der Waals surface area (Å²) in [7, 11) is 0. The van der Waals surface area contributed by atoms with E-state index in [1.54, 1.807) is 24.3 Å². The van der Waals surface area contributed by atoms with E-state index in [-0.39, 0.29) is 12.5 Å². The molecule has 23 heavy (non-hydrogen) atoms. The molecule has 0 saturated carbocycles. The number of nitriles is 1. The summed E-state index contributed by atoms with van der Waals surface area (Å²) in [5.74, 6) is -1.55. The Kier molecular flexibility index (Phi) is 6.09. The number of nitrogens with one attached hydrogen (secondary N) is 2. The highest BCUT2D eigenvalue weighted by atomic mass is 16.5. The van der Waals surface area contributed by atoms with Gasteiger partial charge in [-0.2, -0.15) is 5.26 Å². The van der Waals surface area contributed by atoms with E-state index in [0.717, 1.165) is 12.8 Å². The number of para-hydroxylation sites is 1. The summed E-state index contributed by atoms with van der Waals surface area (Å²) in [6.45, 7) is 1.09. The second-order valence-corrected chi connectivity index (χ2v) is 5.34. The Hall–Kier alpha value is -2.43. The van der Waals surface area contributed by atoms with Gasteiger partial charge in [-0.25, -0.2) is 0 Å². The third kappa shape index (κ3) is 5.06. The monoisotopic (exact) mass is 317 g/mol. The van der Waals surface area contributed by atoms with Crippen LogP contribution in [0, 0.1) is 11.3 Å². The van der Waals surface area contributed by atoms with E-state index in [4.69, 9.17) is 10.00 Å². The summed E-state index contributed by atoms with van der Waals surface area (Å²) in [5, 5.41) is 23.6. The number of benzene rings is 1. The molecule has 1 heterocycles. The van der Waals surface area contributed by atoms with E-state index in [2.05, 4.69) is 10.6 Å². The Morgan fingerprint density at radius 2 is 2.22 bits per heavy atom. The highest BCUT2D eigenvalue weighted by Gasteiger charge is 2.24. The Morgan fingerprint density at radius 1 is 1.43 bits per heavy atom. The standard InChI is InChI=1S/C16H19N3O4/c17-9-11-4-1-2-6-13(11)19-15(20)8-14(16(21)22)18-10-12-5-3-7-23-12/h1-2,4,6,12,14,18H,3,5,7-8,10H2,(H,19,20)(H,21,22). The second kappa shape index (κ2) is 8.27. The summed E-state index contributed by atoms with van der Waals surface area (Å²) in [6.07, 6.45) is 1.64. The number of aliphatic carboxylic acids is 1. The van der Waals surface area contributed by atoms with Crippen LogP contribution in [0.2, 0.25) is 0 Å². The van der Waals surface area contributed by atoms with Gasteiger partial charge in [0.05, 0.1) is 23.8 Å². The molecule has 3 N–H and O–H groups in total. The van der Waals surface area contributed by atoms with Crippen molar-refractivity contribution in [3.8, 4) is 6.07 Å². The third-order valence-corrected chi connectivity index (χ3v) is 3.63. The fourth-order valence-corrected chi connectivity index (χ4v) is 2.40. The van der Waals surface area contributed by atoms with Crippen molar-refractivity contribution in [3.05, 3.63) is 29.8 Å². The van der Waals surface area contributed by atoms with Gasteiger partial charge < -0.3 is 20.5 Å². The fourth-order valence-electron chi connectivity index (χ4n) is 2.40. The molecule has 1 fully saturated rings. The summed E-state index contributed by atoms with van der Waals surface area (Å²) in [5.41, 5.74) is 0.711. The van der Waals surface area contributed by atoms with Crippen molar-refractivity contribution in [2.24, 2.45) is 0 Å². The number of carbonyl (C=O) groups is 2. The molecule has 0 aliphatic carbocycles. The predicted octanol–water partition coefficient (Wildman–Crippen LogP) is 1.11. The van der Waals surface area contributed by atoms with Crippen molar-refractivity contribution in [2.75, 3.05) is 18.5 Å². The second-order valence-electron chi connectivity index (χ2n) is 5.34.